The molecule has 2 aliphatic rings. The van der Waals surface area contributed by atoms with Crippen LogP contribution >= 0.6 is 0 Å². The zero-order valence-electron chi connectivity index (χ0n) is 6.67. The minimum atomic E-state index is -0.198. The van der Waals surface area contributed by atoms with Gasteiger partial charge in [0.15, 0.2) is 0 Å². The van der Waals surface area contributed by atoms with Crippen molar-refractivity contribution in [1.29, 1.82) is 0 Å². The lowest BCUT2D eigenvalue weighted by molar-refractivity contribution is -0.151. The molecule has 0 amide bonds. The Hall–Kier alpha value is -0.790. The van der Waals surface area contributed by atoms with Crippen molar-refractivity contribution in [3.63, 3.8) is 0 Å². The highest BCUT2D eigenvalue weighted by molar-refractivity contribution is 5.67. The van der Waals surface area contributed by atoms with Crippen LogP contribution in [-0.4, -0.2) is 11.6 Å². The zero-order valence-corrected chi connectivity index (χ0v) is 6.67. The summed E-state index contributed by atoms with van der Waals surface area (Å²) >= 11 is 0. The van der Waals surface area contributed by atoms with Crippen molar-refractivity contribution in [3.05, 3.63) is 12.2 Å². The monoisotopic (exact) mass is 152 g/mol. The van der Waals surface area contributed by atoms with Crippen LogP contribution in [-0.2, 0) is 9.53 Å². The fraction of sp³-hybridized carbons (Fsp3) is 0.667. The molecule has 2 unspecified atom stereocenters. The van der Waals surface area contributed by atoms with Crippen LogP contribution in [0.4, 0.5) is 0 Å². The first-order valence-electron chi connectivity index (χ1n) is 4.09. The smallest absolute Gasteiger partial charge is 0.303 e. The maximum atomic E-state index is 10.7. The number of fused-ring (bicyclic) bond motifs is 2. The predicted molar refractivity (Wildman–Crippen MR) is 41.0 cm³/mol. The Bertz CT molecular complexity index is 220. The van der Waals surface area contributed by atoms with Gasteiger partial charge in [0.25, 0.3) is 0 Å². The molecule has 0 heterocycles. The molecule has 0 aromatic carbocycles. The second-order valence-electron chi connectivity index (χ2n) is 3.52. The van der Waals surface area contributed by atoms with Gasteiger partial charge in [-0.3, -0.25) is 4.79 Å². The van der Waals surface area contributed by atoms with Gasteiger partial charge in [-0.05, 0) is 31.3 Å². The Morgan fingerprint density at radius 1 is 1.73 bits per heavy atom. The molecular formula is C9H12O2. The second kappa shape index (κ2) is 2.10. The minimum Gasteiger partial charge on any atom is -0.455 e. The molecule has 0 spiro atoms. The highest BCUT2D eigenvalue weighted by Gasteiger charge is 2.43. The van der Waals surface area contributed by atoms with E-state index in [0.717, 1.165) is 12.8 Å². The van der Waals surface area contributed by atoms with Gasteiger partial charge in [-0.15, -0.1) is 0 Å². The lowest BCUT2D eigenvalue weighted by Gasteiger charge is -2.22. The number of hydrogen-bond donors (Lipinski definition) is 0. The van der Waals surface area contributed by atoms with Crippen molar-refractivity contribution in [2.24, 2.45) is 5.92 Å². The minimum absolute atomic E-state index is 0.155. The molecule has 2 atom stereocenters. The van der Waals surface area contributed by atoms with Crippen LogP contribution in [0.3, 0.4) is 0 Å². The van der Waals surface area contributed by atoms with Crippen LogP contribution in [0.1, 0.15) is 26.2 Å². The van der Waals surface area contributed by atoms with Gasteiger partial charge in [0.05, 0.1) is 0 Å². The molecule has 0 radical (unpaired) electrons. The molecule has 60 valence electrons. The Kier molecular flexibility index (Phi) is 1.31. The molecule has 2 heteroatoms. The number of ether oxygens (including phenoxy) is 1. The Labute approximate surface area is 66.2 Å². The average molecular weight is 152 g/mol. The Morgan fingerprint density at radius 3 is 2.91 bits per heavy atom. The number of rotatable bonds is 1. The number of esters is 1. The van der Waals surface area contributed by atoms with Gasteiger partial charge in [0, 0.05) is 6.92 Å². The van der Waals surface area contributed by atoms with E-state index in [1.807, 2.05) is 0 Å². The van der Waals surface area contributed by atoms with Crippen LogP contribution in [0, 0.1) is 5.92 Å². The number of carbonyl (C=O) groups excluding carboxylic acids is 1. The molecule has 0 aromatic heterocycles. The SMILES string of the molecule is CC(=O)OC12C=CC(CC1)C2. The number of hydrogen-bond acceptors (Lipinski definition) is 2. The third-order valence-electron chi connectivity index (χ3n) is 2.57. The third kappa shape index (κ3) is 1.06. The lowest BCUT2D eigenvalue weighted by atomic mass is 10.0. The van der Waals surface area contributed by atoms with E-state index in [9.17, 15) is 4.79 Å². The zero-order chi connectivity index (χ0) is 7.90. The summed E-state index contributed by atoms with van der Waals surface area (Å²) in [5.41, 5.74) is -0.198. The summed E-state index contributed by atoms with van der Waals surface area (Å²) in [6, 6.07) is 0. The molecule has 1 fully saturated rings. The first kappa shape index (κ1) is 6.89. The summed E-state index contributed by atoms with van der Waals surface area (Å²) in [4.78, 5) is 10.7. The van der Waals surface area contributed by atoms with Crippen LogP contribution < -0.4 is 0 Å². The van der Waals surface area contributed by atoms with Crippen molar-refractivity contribution in [2.45, 2.75) is 31.8 Å². The highest BCUT2D eigenvalue weighted by atomic mass is 16.6. The molecule has 0 saturated heterocycles. The molecule has 0 N–H and O–H groups in total. The van der Waals surface area contributed by atoms with E-state index in [1.165, 1.54) is 13.3 Å². The first-order valence-corrected chi connectivity index (χ1v) is 4.09. The van der Waals surface area contributed by atoms with E-state index in [1.54, 1.807) is 0 Å². The molecule has 0 aliphatic heterocycles. The highest BCUT2D eigenvalue weighted by Crippen LogP contribution is 2.44. The van der Waals surface area contributed by atoms with Crippen molar-refractivity contribution in [1.82, 2.24) is 0 Å². The topological polar surface area (TPSA) is 26.3 Å². The molecular weight excluding hydrogens is 140 g/mol. The Balaban J connectivity index is 2.11. The van der Waals surface area contributed by atoms with Crippen LogP contribution in [0.2, 0.25) is 0 Å². The van der Waals surface area contributed by atoms with E-state index in [-0.39, 0.29) is 11.6 Å². The van der Waals surface area contributed by atoms with Crippen LogP contribution in [0.25, 0.3) is 0 Å². The van der Waals surface area contributed by atoms with E-state index in [0.29, 0.717) is 5.92 Å². The van der Waals surface area contributed by atoms with Crippen molar-refractivity contribution in [3.8, 4) is 0 Å². The van der Waals surface area contributed by atoms with Gasteiger partial charge >= 0.3 is 5.97 Å². The van der Waals surface area contributed by atoms with Gasteiger partial charge in [-0.1, -0.05) is 6.08 Å². The van der Waals surface area contributed by atoms with Gasteiger partial charge in [0.2, 0.25) is 0 Å². The standard InChI is InChI=1S/C9H12O2/c1-7(10)11-9-4-2-8(6-9)3-5-9/h2,4,8H,3,5-6H2,1H3. The molecule has 2 bridgehead atoms. The predicted octanol–water partition coefficient (Wildman–Crippen LogP) is 1.66. The lowest BCUT2D eigenvalue weighted by Crippen LogP contribution is -2.27. The van der Waals surface area contributed by atoms with E-state index >= 15 is 0 Å². The second-order valence-corrected chi connectivity index (χ2v) is 3.52. The summed E-state index contributed by atoms with van der Waals surface area (Å²) in [7, 11) is 0. The van der Waals surface area contributed by atoms with Gasteiger partial charge in [-0.25, -0.2) is 0 Å². The molecule has 0 aromatic rings. The summed E-state index contributed by atoms with van der Waals surface area (Å²) in [5.74, 6) is 0.520. The maximum absolute atomic E-state index is 10.7. The van der Waals surface area contributed by atoms with Gasteiger partial charge < -0.3 is 4.74 Å². The first-order chi connectivity index (χ1) is 5.20. The molecule has 1 saturated carbocycles. The molecule has 2 nitrogen and oxygen atoms in total. The number of allylic oxidation sites excluding steroid dienone is 1. The molecule has 2 aliphatic carbocycles. The van der Waals surface area contributed by atoms with Crippen molar-refractivity contribution >= 4 is 5.97 Å². The maximum Gasteiger partial charge on any atom is 0.303 e. The van der Waals surface area contributed by atoms with Gasteiger partial charge in [0.1, 0.15) is 5.60 Å². The molecule has 2 rings (SSSR count). The average Bonchev–Trinajstić information content (AvgIpc) is 2.43. The fourth-order valence-corrected chi connectivity index (χ4v) is 2.12. The Morgan fingerprint density at radius 2 is 2.55 bits per heavy atom. The normalized spacial score (nSPS) is 39.5. The van der Waals surface area contributed by atoms with E-state index < -0.39 is 0 Å². The summed E-state index contributed by atoms with van der Waals surface area (Å²) < 4.78 is 5.26. The largest absolute Gasteiger partial charge is 0.455 e. The fourth-order valence-electron chi connectivity index (χ4n) is 2.12. The van der Waals surface area contributed by atoms with Crippen LogP contribution in [0.15, 0.2) is 12.2 Å². The molecule has 11 heavy (non-hydrogen) atoms. The van der Waals surface area contributed by atoms with Crippen molar-refractivity contribution in [2.75, 3.05) is 0 Å². The summed E-state index contributed by atoms with van der Waals surface area (Å²) in [6.45, 7) is 1.48. The van der Waals surface area contributed by atoms with E-state index in [2.05, 4.69) is 12.2 Å². The number of carbonyl (C=O) groups is 1. The van der Waals surface area contributed by atoms with Crippen molar-refractivity contribution < 1.29 is 9.53 Å². The quantitative estimate of drug-likeness (QED) is 0.422. The third-order valence-corrected chi connectivity index (χ3v) is 2.57. The summed E-state index contributed by atoms with van der Waals surface area (Å²) in [5, 5.41) is 0. The van der Waals surface area contributed by atoms with E-state index in [4.69, 9.17) is 4.74 Å². The van der Waals surface area contributed by atoms with Gasteiger partial charge in [-0.2, -0.15) is 0 Å². The van der Waals surface area contributed by atoms with Crippen LogP contribution in [0.5, 0.6) is 0 Å². The summed E-state index contributed by atoms with van der Waals surface area (Å²) in [6.07, 6.45) is 7.46.